The smallest absolute Gasteiger partial charge is 0.237 e. The molecule has 2 aromatic rings. The van der Waals surface area contributed by atoms with Gasteiger partial charge in [0.15, 0.2) is 5.78 Å². The summed E-state index contributed by atoms with van der Waals surface area (Å²) in [6, 6.07) is 19.6. The van der Waals surface area contributed by atoms with Crippen LogP contribution in [0.2, 0.25) is 0 Å². The number of rotatable bonds is 7. The van der Waals surface area contributed by atoms with Crippen LogP contribution in [0.4, 0.5) is 0 Å². The van der Waals surface area contributed by atoms with Gasteiger partial charge in [-0.1, -0.05) is 67.6 Å². The number of amides is 1. The van der Waals surface area contributed by atoms with E-state index in [0.717, 1.165) is 31.5 Å². The third-order valence-electron chi connectivity index (χ3n) is 5.84. The van der Waals surface area contributed by atoms with Crippen molar-refractivity contribution in [2.24, 2.45) is 5.92 Å². The zero-order chi connectivity index (χ0) is 19.9. The Kier molecular flexibility index (Phi) is 6.99. The first-order chi connectivity index (χ1) is 13.6. The van der Waals surface area contributed by atoms with Crippen LogP contribution in [0.1, 0.15) is 48.5 Å². The molecular formula is C24H30N2O2. The predicted molar refractivity (Wildman–Crippen MR) is 112 cm³/mol. The molecule has 3 rings (SSSR count). The fourth-order valence-corrected chi connectivity index (χ4v) is 3.85. The van der Waals surface area contributed by atoms with Gasteiger partial charge in [-0.2, -0.15) is 0 Å². The van der Waals surface area contributed by atoms with Gasteiger partial charge >= 0.3 is 0 Å². The lowest BCUT2D eigenvalue weighted by Crippen LogP contribution is -2.49. The van der Waals surface area contributed by atoms with E-state index in [9.17, 15) is 9.59 Å². The summed E-state index contributed by atoms with van der Waals surface area (Å²) in [5.74, 6) is 0.642. The van der Waals surface area contributed by atoms with E-state index in [2.05, 4.69) is 29.3 Å². The number of nitrogens with one attached hydrogen (secondary N) is 1. The number of nitrogens with zero attached hydrogens (tertiary/aromatic N) is 1. The normalized spacial score (nSPS) is 17.6. The Balaban J connectivity index is 1.46. The van der Waals surface area contributed by atoms with Gasteiger partial charge in [-0.05, 0) is 44.3 Å². The van der Waals surface area contributed by atoms with Crippen molar-refractivity contribution >= 4 is 11.7 Å². The number of Topliss-reactive ketones (excluding diaryl/α,β-unsaturated/α-hetero) is 1. The molecule has 1 aliphatic heterocycles. The molecule has 0 radical (unpaired) electrons. The highest BCUT2D eigenvalue weighted by atomic mass is 16.2. The van der Waals surface area contributed by atoms with Crippen molar-refractivity contribution in [1.29, 1.82) is 0 Å². The highest BCUT2D eigenvalue weighted by Crippen LogP contribution is 2.23. The van der Waals surface area contributed by atoms with Gasteiger partial charge in [0, 0.05) is 18.0 Å². The number of hydrogen-bond acceptors (Lipinski definition) is 3. The third kappa shape index (κ3) is 5.08. The molecule has 1 fully saturated rings. The first-order valence-electron chi connectivity index (χ1n) is 10.2. The lowest BCUT2D eigenvalue weighted by atomic mass is 9.88. The van der Waals surface area contributed by atoms with Crippen molar-refractivity contribution in [3.63, 3.8) is 0 Å². The van der Waals surface area contributed by atoms with Crippen molar-refractivity contribution in [3.05, 3.63) is 71.8 Å². The van der Waals surface area contributed by atoms with E-state index in [1.165, 1.54) is 5.56 Å². The zero-order valence-electron chi connectivity index (χ0n) is 16.8. The van der Waals surface area contributed by atoms with Crippen LogP contribution < -0.4 is 5.32 Å². The topological polar surface area (TPSA) is 49.4 Å². The molecule has 4 nitrogen and oxygen atoms in total. The maximum Gasteiger partial charge on any atom is 0.237 e. The van der Waals surface area contributed by atoms with Gasteiger partial charge < -0.3 is 5.32 Å². The van der Waals surface area contributed by atoms with Crippen molar-refractivity contribution in [2.75, 3.05) is 19.6 Å². The Morgan fingerprint density at radius 1 is 0.964 bits per heavy atom. The summed E-state index contributed by atoms with van der Waals surface area (Å²) in [5.41, 5.74) is 2.03. The molecule has 1 heterocycles. The summed E-state index contributed by atoms with van der Waals surface area (Å²) >= 11 is 0. The van der Waals surface area contributed by atoms with Gasteiger partial charge in [0.2, 0.25) is 5.91 Å². The second kappa shape index (κ2) is 9.65. The molecule has 2 aromatic carbocycles. The van der Waals surface area contributed by atoms with Gasteiger partial charge in [-0.15, -0.1) is 0 Å². The van der Waals surface area contributed by atoms with Crippen LogP contribution in [0, 0.1) is 5.92 Å². The van der Waals surface area contributed by atoms with Crippen molar-refractivity contribution < 1.29 is 9.59 Å². The molecule has 0 spiro atoms. The van der Waals surface area contributed by atoms with Gasteiger partial charge in [0.1, 0.15) is 0 Å². The number of piperidine rings is 1. The minimum absolute atomic E-state index is 0.0621. The number of benzene rings is 2. The quantitative estimate of drug-likeness (QED) is 0.744. The van der Waals surface area contributed by atoms with Gasteiger partial charge in [-0.3, -0.25) is 14.5 Å². The van der Waals surface area contributed by atoms with Gasteiger partial charge in [0.25, 0.3) is 0 Å². The Morgan fingerprint density at radius 2 is 1.54 bits per heavy atom. The summed E-state index contributed by atoms with van der Waals surface area (Å²) < 4.78 is 0. The summed E-state index contributed by atoms with van der Waals surface area (Å²) in [4.78, 5) is 27.4. The van der Waals surface area contributed by atoms with Crippen LogP contribution in [0.25, 0.3) is 0 Å². The van der Waals surface area contributed by atoms with Crippen LogP contribution in [0.15, 0.2) is 60.7 Å². The number of carbonyl (C=O) groups excluding carboxylic acids is 2. The molecule has 28 heavy (non-hydrogen) atoms. The zero-order valence-corrected chi connectivity index (χ0v) is 16.8. The fourth-order valence-electron chi connectivity index (χ4n) is 3.85. The average Bonchev–Trinajstić information content (AvgIpc) is 2.77. The number of likely N-dealkylation sites (tertiary alicyclic amines) is 1. The monoisotopic (exact) mass is 378 g/mol. The standard InChI is InChI=1S/C24H30N2O2/c1-18(20-9-5-3-6-10-20)17-25-24(28)19(2)26-15-13-22(14-16-26)23(27)21-11-7-4-8-12-21/h3-12,18-19,22H,13-17H2,1-2H3,(H,25,28). The maximum absolute atomic E-state index is 12.6. The average molecular weight is 379 g/mol. The largest absolute Gasteiger partial charge is 0.354 e. The van der Waals surface area contributed by atoms with E-state index in [0.29, 0.717) is 6.54 Å². The Bertz CT molecular complexity index is 768. The molecule has 2 unspecified atom stereocenters. The van der Waals surface area contributed by atoms with E-state index < -0.39 is 0 Å². The summed E-state index contributed by atoms with van der Waals surface area (Å²) in [7, 11) is 0. The SMILES string of the molecule is CC(CNC(=O)C(C)N1CCC(C(=O)c2ccccc2)CC1)c1ccccc1. The number of hydrogen-bond donors (Lipinski definition) is 1. The van der Waals surface area contributed by atoms with E-state index >= 15 is 0 Å². The first kappa shape index (κ1) is 20.3. The highest BCUT2D eigenvalue weighted by Gasteiger charge is 2.30. The third-order valence-corrected chi connectivity index (χ3v) is 5.84. The second-order valence-corrected chi connectivity index (χ2v) is 7.77. The molecule has 1 aliphatic rings. The lowest BCUT2D eigenvalue weighted by molar-refractivity contribution is -0.126. The van der Waals surface area contributed by atoms with Gasteiger partial charge in [0.05, 0.1) is 6.04 Å². The van der Waals surface area contributed by atoms with Crippen LogP contribution in [-0.2, 0) is 4.79 Å². The molecule has 1 saturated heterocycles. The Labute approximate surface area is 167 Å². The summed E-state index contributed by atoms with van der Waals surface area (Å²) in [5, 5.41) is 3.09. The van der Waals surface area contributed by atoms with Crippen LogP contribution >= 0.6 is 0 Å². The summed E-state index contributed by atoms with van der Waals surface area (Å²) in [6.45, 7) is 6.29. The molecule has 2 atom stereocenters. The molecule has 1 N–H and O–H groups in total. The fraction of sp³-hybridized carbons (Fsp3) is 0.417. The van der Waals surface area contributed by atoms with Crippen molar-refractivity contribution in [2.45, 2.75) is 38.6 Å². The van der Waals surface area contributed by atoms with Crippen LogP contribution in [0.3, 0.4) is 0 Å². The van der Waals surface area contributed by atoms with Crippen molar-refractivity contribution in [3.8, 4) is 0 Å². The summed E-state index contributed by atoms with van der Waals surface area (Å²) in [6.07, 6.45) is 1.62. The minimum Gasteiger partial charge on any atom is -0.354 e. The number of ketones is 1. The predicted octanol–water partition coefficient (Wildman–Crippen LogP) is 3.89. The molecule has 148 valence electrons. The highest BCUT2D eigenvalue weighted by molar-refractivity contribution is 5.97. The molecular weight excluding hydrogens is 348 g/mol. The maximum atomic E-state index is 12.6. The van der Waals surface area contributed by atoms with E-state index in [-0.39, 0.29) is 29.6 Å². The molecule has 0 saturated carbocycles. The number of carbonyl (C=O) groups is 2. The van der Waals surface area contributed by atoms with Crippen LogP contribution in [-0.4, -0.2) is 42.3 Å². The molecule has 0 aliphatic carbocycles. The first-order valence-corrected chi connectivity index (χ1v) is 10.2. The van der Waals surface area contributed by atoms with Crippen LogP contribution in [0.5, 0.6) is 0 Å². The van der Waals surface area contributed by atoms with E-state index in [1.807, 2.05) is 55.5 Å². The van der Waals surface area contributed by atoms with E-state index in [1.54, 1.807) is 0 Å². The molecule has 1 amide bonds. The minimum atomic E-state index is -0.171. The van der Waals surface area contributed by atoms with Crippen molar-refractivity contribution in [1.82, 2.24) is 10.2 Å². The Hall–Kier alpha value is -2.46. The molecule has 4 heteroatoms. The Morgan fingerprint density at radius 3 is 2.14 bits per heavy atom. The lowest BCUT2D eigenvalue weighted by Gasteiger charge is -2.35. The molecule has 0 aromatic heterocycles. The van der Waals surface area contributed by atoms with E-state index in [4.69, 9.17) is 0 Å². The molecule has 0 bridgehead atoms. The second-order valence-electron chi connectivity index (χ2n) is 7.77. The van der Waals surface area contributed by atoms with Gasteiger partial charge in [-0.25, -0.2) is 0 Å².